The molecule has 0 saturated carbocycles. The van der Waals surface area contributed by atoms with E-state index in [1.165, 1.54) is 0 Å². The molecule has 0 atom stereocenters. The van der Waals surface area contributed by atoms with Crippen LogP contribution in [0.4, 0.5) is 0 Å². The van der Waals surface area contributed by atoms with Crippen LogP contribution in [-0.4, -0.2) is 18.0 Å². The molecule has 10 heavy (non-hydrogen) atoms. The minimum atomic E-state index is 0.470. The van der Waals surface area contributed by atoms with Crippen molar-refractivity contribution >= 4 is 28.9 Å². The third-order valence-corrected chi connectivity index (χ3v) is 1.42. The lowest BCUT2D eigenvalue weighted by molar-refractivity contribution is 1.04. The molecule has 58 valence electrons. The maximum absolute atomic E-state index is 5.43. The Balaban J connectivity index is 3.05. The van der Waals surface area contributed by atoms with Crippen molar-refractivity contribution in [3.63, 3.8) is 0 Å². The maximum Gasteiger partial charge on any atom is 0.0951 e. The quantitative estimate of drug-likeness (QED) is 0.229. The average Bonchev–Trinajstić information content (AvgIpc) is 1.87. The second-order valence-electron chi connectivity index (χ2n) is 1.50. The molecule has 0 aliphatic rings. The van der Waals surface area contributed by atoms with Crippen molar-refractivity contribution in [3.8, 4) is 0 Å². The van der Waals surface area contributed by atoms with Crippen molar-refractivity contribution in [2.45, 2.75) is 6.92 Å². The fraction of sp³-hybridized carbons (Fsp3) is 0.500. The minimum absolute atomic E-state index is 0.470. The van der Waals surface area contributed by atoms with E-state index >= 15 is 0 Å². The summed E-state index contributed by atoms with van der Waals surface area (Å²) in [6.45, 7) is 6.29. The number of thioether (sulfide) groups is 1. The summed E-state index contributed by atoms with van der Waals surface area (Å²) in [6, 6.07) is 0. The highest BCUT2D eigenvalue weighted by Crippen LogP contribution is 1.95. The minimum Gasteiger partial charge on any atom is -0.367 e. The molecule has 0 aromatic carbocycles. The molecule has 0 rings (SSSR count). The molecule has 0 aromatic heterocycles. The molecule has 0 fully saturated rings. The first-order chi connectivity index (χ1) is 4.77. The molecule has 4 heteroatoms. The van der Waals surface area contributed by atoms with Gasteiger partial charge in [0.1, 0.15) is 0 Å². The van der Waals surface area contributed by atoms with Gasteiger partial charge in [-0.05, 0) is 6.92 Å². The summed E-state index contributed by atoms with van der Waals surface area (Å²) in [5, 5.41) is 3.32. The van der Waals surface area contributed by atoms with Crippen LogP contribution in [0.2, 0.25) is 0 Å². The normalized spacial score (nSPS) is 10.2. The Hall–Kier alpha value is -0.150. The van der Waals surface area contributed by atoms with Crippen LogP contribution in [0.25, 0.3) is 0 Å². The predicted octanol–water partition coefficient (Wildman–Crippen LogP) is 2.02. The Kier molecular flexibility index (Phi) is 6.86. The summed E-state index contributed by atoms with van der Waals surface area (Å²) in [6.07, 6.45) is 0. The Bertz CT molecular complexity index is 125. The number of halogens is 1. The van der Waals surface area contributed by atoms with Gasteiger partial charge in [0.2, 0.25) is 0 Å². The third-order valence-electron chi connectivity index (χ3n) is 0.679. The first kappa shape index (κ1) is 9.85. The summed E-state index contributed by atoms with van der Waals surface area (Å²) >= 11 is 6.99. The third kappa shape index (κ3) is 7.85. The number of nitrogens with one attached hydrogen (secondary N) is 1. The average molecular weight is 179 g/mol. The Labute approximate surface area is 70.7 Å². The summed E-state index contributed by atoms with van der Waals surface area (Å²) in [7, 11) is 0. The van der Waals surface area contributed by atoms with Gasteiger partial charge in [-0.15, -0.1) is 0 Å². The molecule has 2 nitrogen and oxygen atoms in total. The van der Waals surface area contributed by atoms with E-state index in [9.17, 15) is 0 Å². The topological polar surface area (TPSA) is 24.4 Å². The number of nitrogens with zero attached hydrogens (tertiary/aromatic N) is 1. The molecule has 0 amide bonds. The van der Waals surface area contributed by atoms with E-state index in [0.717, 1.165) is 12.4 Å². The molecule has 0 bridgehead atoms. The molecule has 0 unspecified atom stereocenters. The van der Waals surface area contributed by atoms with Gasteiger partial charge in [0.25, 0.3) is 0 Å². The molecule has 0 aliphatic carbocycles. The van der Waals surface area contributed by atoms with Gasteiger partial charge in [-0.1, -0.05) is 29.9 Å². The second-order valence-corrected chi connectivity index (χ2v) is 2.79. The smallest absolute Gasteiger partial charge is 0.0951 e. The lowest BCUT2D eigenvalue weighted by Gasteiger charge is -1.97. The summed E-state index contributed by atoms with van der Waals surface area (Å²) in [5.74, 6) is 0.728. The van der Waals surface area contributed by atoms with Crippen LogP contribution in [0.3, 0.4) is 0 Å². The molecule has 0 saturated heterocycles. The van der Waals surface area contributed by atoms with Gasteiger partial charge in [0.05, 0.1) is 16.6 Å². The van der Waals surface area contributed by atoms with Crippen LogP contribution in [-0.2, 0) is 0 Å². The zero-order valence-electron chi connectivity index (χ0n) is 5.93. The summed E-state index contributed by atoms with van der Waals surface area (Å²) < 4.78 is 0. The van der Waals surface area contributed by atoms with E-state index < -0.39 is 0 Å². The van der Waals surface area contributed by atoms with E-state index in [2.05, 4.69) is 16.9 Å². The summed E-state index contributed by atoms with van der Waals surface area (Å²) in [5.41, 5.74) is 1.80. The van der Waals surface area contributed by atoms with Crippen molar-refractivity contribution in [2.24, 2.45) is 4.99 Å². The number of hydrogen-bond donors (Lipinski definition) is 1. The largest absolute Gasteiger partial charge is 0.367 e. The lowest BCUT2D eigenvalue weighted by Crippen LogP contribution is -2.06. The number of aliphatic imine (C=N–C) groups is 1. The maximum atomic E-state index is 5.43. The van der Waals surface area contributed by atoms with Crippen molar-refractivity contribution in [2.75, 3.05) is 12.4 Å². The molecule has 1 N–H and O–H groups in total. The zero-order chi connectivity index (χ0) is 7.82. The van der Waals surface area contributed by atoms with Crippen molar-refractivity contribution in [1.82, 2.24) is 5.32 Å². The monoisotopic (exact) mass is 178 g/mol. The first-order valence-electron chi connectivity index (χ1n) is 2.95. The Morgan fingerprint density at radius 3 is 3.10 bits per heavy atom. The molecule has 0 aromatic rings. The van der Waals surface area contributed by atoms with Gasteiger partial charge in [-0.25, -0.2) is 0 Å². The van der Waals surface area contributed by atoms with E-state index in [-0.39, 0.29) is 0 Å². The van der Waals surface area contributed by atoms with Crippen molar-refractivity contribution in [3.05, 3.63) is 11.7 Å². The van der Waals surface area contributed by atoms with Gasteiger partial charge in [-0.2, -0.15) is 0 Å². The molecule has 0 spiro atoms. The van der Waals surface area contributed by atoms with Crippen LogP contribution in [0, 0.1) is 0 Å². The Morgan fingerprint density at radius 1 is 1.90 bits per heavy atom. The van der Waals surface area contributed by atoms with E-state index in [1.54, 1.807) is 17.3 Å². The second kappa shape index (κ2) is 6.96. The highest BCUT2D eigenvalue weighted by Gasteiger charge is 1.82. The molecule has 0 radical (unpaired) electrons. The summed E-state index contributed by atoms with van der Waals surface area (Å²) in [4.78, 5) is 3.99. The van der Waals surface area contributed by atoms with Gasteiger partial charge in [-0.3, -0.25) is 4.99 Å². The lowest BCUT2D eigenvalue weighted by atomic mass is 10.8. The SMILES string of the molecule is C=C(Cl)NCSC=NCC. The fourth-order valence-corrected chi connectivity index (χ4v) is 1.02. The van der Waals surface area contributed by atoms with Gasteiger partial charge in [0, 0.05) is 6.54 Å². The van der Waals surface area contributed by atoms with Crippen molar-refractivity contribution < 1.29 is 0 Å². The standard InChI is InChI=1S/C6H11ClN2S/c1-3-8-4-10-5-9-6(2)7/h4,9H,2-3,5H2,1H3. The van der Waals surface area contributed by atoms with Crippen LogP contribution >= 0.6 is 23.4 Å². The Morgan fingerprint density at radius 2 is 2.60 bits per heavy atom. The zero-order valence-corrected chi connectivity index (χ0v) is 7.50. The fourth-order valence-electron chi connectivity index (χ4n) is 0.284. The molecular weight excluding hydrogens is 168 g/mol. The number of rotatable bonds is 5. The van der Waals surface area contributed by atoms with Crippen LogP contribution in [0.15, 0.2) is 16.7 Å². The predicted molar refractivity (Wildman–Crippen MR) is 49.6 cm³/mol. The van der Waals surface area contributed by atoms with Crippen LogP contribution in [0.5, 0.6) is 0 Å². The molecule has 0 aliphatic heterocycles. The molecule has 0 heterocycles. The van der Waals surface area contributed by atoms with E-state index in [0.29, 0.717) is 5.16 Å². The number of hydrogen-bond acceptors (Lipinski definition) is 3. The van der Waals surface area contributed by atoms with Crippen LogP contribution < -0.4 is 5.32 Å². The van der Waals surface area contributed by atoms with E-state index in [1.807, 2.05) is 6.92 Å². The van der Waals surface area contributed by atoms with E-state index in [4.69, 9.17) is 11.6 Å². The molecular formula is C6H11ClN2S. The first-order valence-corrected chi connectivity index (χ1v) is 4.38. The van der Waals surface area contributed by atoms with Gasteiger partial charge in [0.15, 0.2) is 0 Å². The highest BCUT2D eigenvalue weighted by atomic mass is 35.5. The van der Waals surface area contributed by atoms with Crippen molar-refractivity contribution in [1.29, 1.82) is 0 Å². The van der Waals surface area contributed by atoms with Gasteiger partial charge >= 0.3 is 0 Å². The highest BCUT2D eigenvalue weighted by molar-refractivity contribution is 8.12. The van der Waals surface area contributed by atoms with Gasteiger partial charge < -0.3 is 5.32 Å². The van der Waals surface area contributed by atoms with Crippen LogP contribution in [0.1, 0.15) is 6.92 Å².